The Morgan fingerprint density at radius 3 is 0.833 bits per heavy atom. The molecule has 0 aromatic rings. The predicted octanol–water partition coefficient (Wildman–Crippen LogP) is 1.30. The minimum absolute atomic E-state index is 0. The Kier molecular flexibility index (Phi) is 35.4. The van der Waals surface area contributed by atoms with Gasteiger partial charge >= 0.3 is 42.2 Å². The van der Waals surface area contributed by atoms with Crippen LogP contribution in [0.1, 0.15) is 0 Å². The van der Waals surface area contributed by atoms with Gasteiger partial charge < -0.3 is 0 Å². The van der Waals surface area contributed by atoms with Crippen LogP contribution in [0.15, 0.2) is 0 Å². The summed E-state index contributed by atoms with van der Waals surface area (Å²) in [6.45, 7) is 0. The third-order valence-corrected chi connectivity index (χ3v) is 0. The van der Waals surface area contributed by atoms with E-state index in [0.29, 0.717) is 0 Å². The second-order valence-corrected chi connectivity index (χ2v) is 10.5. The monoisotopic (exact) mass is 376 g/mol. The molecular formula is Cl3IrK2. The molecule has 0 rings (SSSR count). The fraction of sp³-hybridized carbons (Fsp3) is 0. The largest absolute Gasteiger partial charge is 0 e. The van der Waals surface area contributed by atoms with Crippen molar-refractivity contribution in [2.45, 2.75) is 0 Å². The van der Waals surface area contributed by atoms with E-state index in [1.807, 2.05) is 0 Å². The number of rotatable bonds is 0. The van der Waals surface area contributed by atoms with Crippen LogP contribution in [0.5, 0.6) is 0 Å². The van der Waals surface area contributed by atoms with Gasteiger partial charge in [0, 0.05) is 103 Å². The Morgan fingerprint density at radius 1 is 0.833 bits per heavy atom. The topological polar surface area (TPSA) is 0 Å². The van der Waals surface area contributed by atoms with Crippen molar-refractivity contribution < 1.29 is 13.5 Å². The molecule has 32 valence electrons. The molecule has 0 heterocycles. The summed E-state index contributed by atoms with van der Waals surface area (Å²) in [6, 6.07) is 0. The molecule has 6 heavy (non-hydrogen) atoms. The van der Waals surface area contributed by atoms with Crippen molar-refractivity contribution in [2.75, 3.05) is 0 Å². The Hall–Kier alpha value is 4.79. The van der Waals surface area contributed by atoms with Crippen molar-refractivity contribution in [2.24, 2.45) is 0 Å². The average molecular weight is 377 g/mol. The average Bonchev–Trinajstić information content (AvgIpc) is 0.811. The molecule has 0 amide bonds. The first-order chi connectivity index (χ1) is 1.73. The Bertz CT molecular complexity index is 13.5. The second-order valence-electron chi connectivity index (χ2n) is 0.143. The summed E-state index contributed by atoms with van der Waals surface area (Å²) in [5.41, 5.74) is 0. The fourth-order valence-corrected chi connectivity index (χ4v) is 0. The van der Waals surface area contributed by atoms with E-state index in [-0.39, 0.29) is 103 Å². The molecule has 0 fully saturated rings. The van der Waals surface area contributed by atoms with Crippen LogP contribution in [0, 0.1) is 0 Å². The third-order valence-electron chi connectivity index (χ3n) is 0. The third kappa shape index (κ3) is 23.2. The maximum Gasteiger partial charge on any atom is 0 e. The van der Waals surface area contributed by atoms with Crippen LogP contribution in [0.3, 0.4) is 0 Å². The molecule has 0 nitrogen and oxygen atoms in total. The molecule has 0 bridgehead atoms. The normalized spacial score (nSPS) is 7.50. The van der Waals surface area contributed by atoms with Gasteiger partial charge in [0.25, 0.3) is 0 Å². The first-order valence-corrected chi connectivity index (χ1v) is 9.28. The zero-order chi connectivity index (χ0) is 3.58. The molecule has 0 aliphatic carbocycles. The van der Waals surface area contributed by atoms with Gasteiger partial charge in [-0.15, -0.1) is 0 Å². The van der Waals surface area contributed by atoms with Crippen LogP contribution >= 0.6 is 28.8 Å². The number of hydrogen-bond acceptors (Lipinski definition) is 0. The van der Waals surface area contributed by atoms with E-state index in [0.717, 1.165) is 0 Å². The van der Waals surface area contributed by atoms with Crippen LogP contribution < -0.4 is 0 Å². The van der Waals surface area contributed by atoms with Gasteiger partial charge in [0.2, 0.25) is 0 Å². The van der Waals surface area contributed by atoms with Gasteiger partial charge in [-0.1, -0.05) is 0 Å². The SMILES string of the molecule is [Cl][Ir]([Cl])[Cl].[K].[K]. The van der Waals surface area contributed by atoms with Crippen LogP contribution in [0.25, 0.3) is 0 Å². The molecule has 0 atom stereocenters. The predicted molar refractivity (Wildman–Crippen MR) is 29.1 cm³/mol. The van der Waals surface area contributed by atoms with E-state index in [4.69, 9.17) is 28.8 Å². The van der Waals surface area contributed by atoms with Crippen molar-refractivity contribution in [1.29, 1.82) is 0 Å². The van der Waals surface area contributed by atoms with Crippen molar-refractivity contribution in [1.82, 2.24) is 0 Å². The van der Waals surface area contributed by atoms with E-state index in [2.05, 4.69) is 0 Å². The van der Waals surface area contributed by atoms with Crippen LogP contribution in [-0.4, -0.2) is 103 Å². The molecule has 0 spiro atoms. The summed E-state index contributed by atoms with van der Waals surface area (Å²) in [7, 11) is 14.9. The standard InChI is InChI=1S/3ClH.Ir.2K/h3*1H;;;/q;;;+3;;/p-3. The van der Waals surface area contributed by atoms with Gasteiger partial charge in [-0.05, 0) is 0 Å². The van der Waals surface area contributed by atoms with Gasteiger partial charge in [-0.3, -0.25) is 0 Å². The minimum atomic E-state index is -1.92. The summed E-state index contributed by atoms with van der Waals surface area (Å²) >= 11 is -1.92. The molecule has 0 aliphatic rings. The smallest absolute Gasteiger partial charge is 0 e. The van der Waals surface area contributed by atoms with Crippen molar-refractivity contribution in [3.05, 3.63) is 0 Å². The minimum Gasteiger partial charge on any atom is 0 e. The molecule has 0 saturated carbocycles. The molecule has 0 aliphatic heterocycles. The first kappa shape index (κ1) is 17.0. The zero-order valence-corrected chi connectivity index (χ0v) is 14.4. The van der Waals surface area contributed by atoms with Crippen molar-refractivity contribution in [3.63, 3.8) is 0 Å². The van der Waals surface area contributed by atoms with E-state index < -0.39 is 13.5 Å². The van der Waals surface area contributed by atoms with Gasteiger partial charge in [-0.25, -0.2) is 0 Å². The second kappa shape index (κ2) is 12.5. The zero-order valence-electron chi connectivity index (χ0n) is 3.47. The molecule has 2 radical (unpaired) electrons. The van der Waals surface area contributed by atoms with Gasteiger partial charge in [0.15, 0.2) is 0 Å². The maximum absolute atomic E-state index is 4.97. The fourth-order valence-electron chi connectivity index (χ4n) is 0. The summed E-state index contributed by atoms with van der Waals surface area (Å²) in [6.07, 6.45) is 0. The maximum atomic E-state index is 4.97. The molecule has 0 aromatic carbocycles. The van der Waals surface area contributed by atoms with Gasteiger partial charge in [-0.2, -0.15) is 0 Å². The molecule has 0 saturated heterocycles. The van der Waals surface area contributed by atoms with Crippen molar-refractivity contribution in [3.8, 4) is 0 Å². The van der Waals surface area contributed by atoms with Crippen molar-refractivity contribution >= 4 is 132 Å². The Balaban J connectivity index is -0.0000000450. The molecule has 0 unspecified atom stereocenters. The summed E-state index contributed by atoms with van der Waals surface area (Å²) in [5, 5.41) is 0. The number of hydrogen-bond donors (Lipinski definition) is 0. The van der Waals surface area contributed by atoms with Crippen LogP contribution in [0.4, 0.5) is 0 Å². The Labute approximate surface area is 140 Å². The quantitative estimate of drug-likeness (QED) is 0.559. The van der Waals surface area contributed by atoms with E-state index in [1.165, 1.54) is 0 Å². The van der Waals surface area contributed by atoms with E-state index in [1.54, 1.807) is 0 Å². The van der Waals surface area contributed by atoms with Gasteiger partial charge in [0.05, 0.1) is 0 Å². The van der Waals surface area contributed by atoms with Crippen LogP contribution in [0.2, 0.25) is 0 Å². The van der Waals surface area contributed by atoms with Crippen LogP contribution in [-0.2, 0) is 13.5 Å². The first-order valence-electron chi connectivity index (χ1n) is 0.378. The van der Waals surface area contributed by atoms with E-state index >= 15 is 0 Å². The Morgan fingerprint density at radius 2 is 0.833 bits per heavy atom. The summed E-state index contributed by atoms with van der Waals surface area (Å²) in [4.78, 5) is 0. The molecule has 6 heteroatoms. The molecule has 0 N–H and O–H groups in total. The van der Waals surface area contributed by atoms with E-state index in [9.17, 15) is 0 Å². The summed E-state index contributed by atoms with van der Waals surface area (Å²) < 4.78 is 0. The molecular weight excluding hydrogens is 377 g/mol. The molecule has 0 aromatic heterocycles. The number of halogens is 3. The van der Waals surface area contributed by atoms with Gasteiger partial charge in [0.1, 0.15) is 0 Å². The summed E-state index contributed by atoms with van der Waals surface area (Å²) in [5.74, 6) is 0.